The zero-order chi connectivity index (χ0) is 17.5. The van der Waals surface area contributed by atoms with Crippen LogP contribution in [0.25, 0.3) is 0 Å². The van der Waals surface area contributed by atoms with Crippen LogP contribution in [-0.2, 0) is 17.8 Å². The number of alkyl halides is 2. The van der Waals surface area contributed by atoms with Gasteiger partial charge < -0.3 is 14.4 Å². The minimum absolute atomic E-state index is 0.0452. The number of benzene rings is 2. The Morgan fingerprint density at radius 3 is 2.42 bits per heavy atom. The molecule has 0 bridgehead atoms. The van der Waals surface area contributed by atoms with Crippen LogP contribution in [0.4, 0.5) is 8.78 Å². The Labute approximate surface area is 139 Å². The van der Waals surface area contributed by atoms with E-state index < -0.39 is 6.61 Å². The molecule has 0 fully saturated rings. The third kappa shape index (κ3) is 5.22. The highest BCUT2D eigenvalue weighted by atomic mass is 19.3. The summed E-state index contributed by atoms with van der Waals surface area (Å²) in [6.07, 6.45) is 0.264. The minimum atomic E-state index is -2.84. The zero-order valence-corrected chi connectivity index (χ0v) is 13.5. The summed E-state index contributed by atoms with van der Waals surface area (Å²) in [6.45, 7) is -2.46. The number of nitrogens with zero attached hydrogens (tertiary/aromatic N) is 1. The topological polar surface area (TPSA) is 38.8 Å². The molecule has 6 heteroatoms. The highest BCUT2D eigenvalue weighted by Gasteiger charge is 2.11. The first-order chi connectivity index (χ1) is 11.5. The van der Waals surface area contributed by atoms with Crippen LogP contribution in [0, 0.1) is 0 Å². The molecule has 2 aromatic carbocycles. The van der Waals surface area contributed by atoms with E-state index in [0.29, 0.717) is 12.3 Å². The van der Waals surface area contributed by atoms with Gasteiger partial charge >= 0.3 is 6.61 Å². The molecule has 0 aromatic heterocycles. The number of methoxy groups -OCH3 is 1. The first-order valence-corrected chi connectivity index (χ1v) is 7.38. The van der Waals surface area contributed by atoms with E-state index >= 15 is 0 Å². The smallest absolute Gasteiger partial charge is 0.387 e. The average Bonchev–Trinajstić information content (AvgIpc) is 2.56. The minimum Gasteiger partial charge on any atom is -0.497 e. The molecule has 0 atom stereocenters. The van der Waals surface area contributed by atoms with Crippen LogP contribution >= 0.6 is 0 Å². The lowest BCUT2D eigenvalue weighted by atomic mass is 10.1. The van der Waals surface area contributed by atoms with Gasteiger partial charge in [-0.1, -0.05) is 24.3 Å². The molecule has 4 nitrogen and oxygen atoms in total. The second-order valence-corrected chi connectivity index (χ2v) is 5.30. The molecule has 2 rings (SSSR count). The van der Waals surface area contributed by atoms with Gasteiger partial charge in [0.15, 0.2) is 0 Å². The van der Waals surface area contributed by atoms with E-state index in [4.69, 9.17) is 4.74 Å². The molecular weight excluding hydrogens is 316 g/mol. The second-order valence-electron chi connectivity index (χ2n) is 5.30. The molecule has 0 N–H and O–H groups in total. The highest BCUT2D eigenvalue weighted by molar-refractivity contribution is 5.78. The van der Waals surface area contributed by atoms with Gasteiger partial charge in [0.25, 0.3) is 0 Å². The molecule has 0 unspecified atom stereocenters. The molecule has 0 aliphatic rings. The third-order valence-electron chi connectivity index (χ3n) is 3.48. The van der Waals surface area contributed by atoms with Gasteiger partial charge in [0.05, 0.1) is 13.5 Å². The van der Waals surface area contributed by atoms with Crippen molar-refractivity contribution in [1.82, 2.24) is 4.90 Å². The number of amides is 1. The largest absolute Gasteiger partial charge is 0.497 e. The van der Waals surface area contributed by atoms with E-state index in [1.165, 1.54) is 12.1 Å². The fraction of sp³-hybridized carbons (Fsp3) is 0.278. The maximum absolute atomic E-state index is 12.3. The molecule has 128 valence electrons. The van der Waals surface area contributed by atoms with Crippen LogP contribution < -0.4 is 9.47 Å². The third-order valence-corrected chi connectivity index (χ3v) is 3.48. The first kappa shape index (κ1) is 17.7. The SMILES string of the molecule is COc1cccc(CC(=O)N(C)Cc2ccc(OC(F)F)cc2)c1. The van der Waals surface area contributed by atoms with E-state index in [9.17, 15) is 13.6 Å². The van der Waals surface area contributed by atoms with Crippen molar-refractivity contribution >= 4 is 5.91 Å². The fourth-order valence-corrected chi connectivity index (χ4v) is 2.23. The van der Waals surface area contributed by atoms with E-state index in [-0.39, 0.29) is 18.1 Å². The lowest BCUT2D eigenvalue weighted by molar-refractivity contribution is -0.129. The standard InChI is InChI=1S/C18H19F2NO3/c1-21(12-13-6-8-15(9-7-13)24-18(19)20)17(22)11-14-4-3-5-16(10-14)23-2/h3-10,18H,11-12H2,1-2H3. The Morgan fingerprint density at radius 2 is 1.79 bits per heavy atom. The summed E-state index contributed by atoms with van der Waals surface area (Å²) in [5, 5.41) is 0. The lowest BCUT2D eigenvalue weighted by Crippen LogP contribution is -2.27. The van der Waals surface area contributed by atoms with Crippen molar-refractivity contribution in [3.63, 3.8) is 0 Å². The van der Waals surface area contributed by atoms with Crippen molar-refractivity contribution in [3.05, 3.63) is 59.7 Å². The zero-order valence-electron chi connectivity index (χ0n) is 13.5. The van der Waals surface area contributed by atoms with Crippen LogP contribution in [0.2, 0.25) is 0 Å². The van der Waals surface area contributed by atoms with Crippen LogP contribution in [0.1, 0.15) is 11.1 Å². The maximum atomic E-state index is 12.3. The van der Waals surface area contributed by atoms with E-state index in [2.05, 4.69) is 4.74 Å². The summed E-state index contributed by atoms with van der Waals surface area (Å²) in [6, 6.07) is 13.6. The monoisotopic (exact) mass is 335 g/mol. The summed E-state index contributed by atoms with van der Waals surface area (Å²) in [7, 11) is 3.28. The van der Waals surface area contributed by atoms with Crippen LogP contribution in [0.5, 0.6) is 11.5 Å². The highest BCUT2D eigenvalue weighted by Crippen LogP contribution is 2.17. The molecule has 24 heavy (non-hydrogen) atoms. The summed E-state index contributed by atoms with van der Waals surface area (Å²) in [4.78, 5) is 13.9. The van der Waals surface area contributed by atoms with Gasteiger partial charge in [0.1, 0.15) is 11.5 Å². The summed E-state index contributed by atoms with van der Waals surface area (Å²) < 4.78 is 33.7. The summed E-state index contributed by atoms with van der Waals surface area (Å²) >= 11 is 0. The Bertz CT molecular complexity index is 674. The van der Waals surface area contributed by atoms with Crippen LogP contribution in [-0.4, -0.2) is 31.6 Å². The maximum Gasteiger partial charge on any atom is 0.387 e. The molecule has 0 saturated carbocycles. The van der Waals surface area contributed by atoms with Crippen molar-refractivity contribution in [2.75, 3.05) is 14.2 Å². The normalized spacial score (nSPS) is 10.5. The number of carbonyl (C=O) groups is 1. The van der Waals surface area contributed by atoms with Crippen molar-refractivity contribution in [1.29, 1.82) is 0 Å². The number of likely N-dealkylation sites (N-methyl/N-ethyl adjacent to an activating group) is 1. The fourth-order valence-electron chi connectivity index (χ4n) is 2.23. The predicted molar refractivity (Wildman–Crippen MR) is 86.2 cm³/mol. The van der Waals surface area contributed by atoms with E-state index in [1.54, 1.807) is 31.2 Å². The molecule has 0 spiro atoms. The molecular formula is C18H19F2NO3. The van der Waals surface area contributed by atoms with Gasteiger partial charge in [-0.2, -0.15) is 8.78 Å². The Kier molecular flexibility index (Phi) is 6.12. The second kappa shape index (κ2) is 8.29. The first-order valence-electron chi connectivity index (χ1n) is 7.38. The molecule has 0 radical (unpaired) electrons. The van der Waals surface area contributed by atoms with Crippen LogP contribution in [0.15, 0.2) is 48.5 Å². The Balaban J connectivity index is 1.93. The van der Waals surface area contributed by atoms with E-state index in [0.717, 1.165) is 11.1 Å². The number of halogens is 2. The van der Waals surface area contributed by atoms with E-state index in [1.807, 2.05) is 24.3 Å². The number of hydrogen-bond donors (Lipinski definition) is 0. The molecule has 1 amide bonds. The van der Waals surface area contributed by atoms with Gasteiger partial charge in [-0.15, -0.1) is 0 Å². The molecule has 0 aliphatic heterocycles. The van der Waals surface area contributed by atoms with Gasteiger partial charge in [-0.05, 0) is 35.4 Å². The molecule has 0 heterocycles. The predicted octanol–water partition coefficient (Wildman–Crippen LogP) is 3.50. The van der Waals surface area contributed by atoms with Gasteiger partial charge in [0, 0.05) is 13.6 Å². The number of rotatable bonds is 7. The molecule has 0 saturated heterocycles. The van der Waals surface area contributed by atoms with Crippen molar-refractivity contribution in [3.8, 4) is 11.5 Å². The number of ether oxygens (including phenoxy) is 2. The molecule has 0 aliphatic carbocycles. The quantitative estimate of drug-likeness (QED) is 0.777. The van der Waals surface area contributed by atoms with Crippen molar-refractivity contribution in [2.45, 2.75) is 19.6 Å². The van der Waals surface area contributed by atoms with Gasteiger partial charge in [-0.3, -0.25) is 4.79 Å². The van der Waals surface area contributed by atoms with Crippen LogP contribution in [0.3, 0.4) is 0 Å². The van der Waals surface area contributed by atoms with Crippen molar-refractivity contribution < 1.29 is 23.0 Å². The average molecular weight is 335 g/mol. The number of carbonyl (C=O) groups excluding carboxylic acids is 1. The number of hydrogen-bond acceptors (Lipinski definition) is 3. The molecule has 2 aromatic rings. The van der Waals surface area contributed by atoms with Gasteiger partial charge in [-0.25, -0.2) is 0 Å². The lowest BCUT2D eigenvalue weighted by Gasteiger charge is -2.18. The summed E-state index contributed by atoms with van der Waals surface area (Å²) in [5.74, 6) is 0.757. The van der Waals surface area contributed by atoms with Gasteiger partial charge in [0.2, 0.25) is 5.91 Å². The Hall–Kier alpha value is -2.63. The van der Waals surface area contributed by atoms with Crippen molar-refractivity contribution in [2.24, 2.45) is 0 Å². The summed E-state index contributed by atoms with van der Waals surface area (Å²) in [5.41, 5.74) is 1.70. The Morgan fingerprint density at radius 1 is 1.08 bits per heavy atom.